The predicted molar refractivity (Wildman–Crippen MR) is 80.2 cm³/mol. The largest absolute Gasteiger partial charge is 0.383 e. The van der Waals surface area contributed by atoms with Crippen molar-refractivity contribution in [3.8, 4) is 0 Å². The third-order valence-electron chi connectivity index (χ3n) is 3.36. The molecule has 0 unspecified atom stereocenters. The minimum atomic E-state index is -3.40. The standard InChI is InChI=1S/C14H19FN2O3S/c1-10(9-20-2)21(18,19)17-6-5-11-8-16-14-4-3-12(15)7-13(11)14/h3-4,7-8,10,16-17H,5-6,9H2,1-2H3/t10-/m0/s1. The highest BCUT2D eigenvalue weighted by Crippen LogP contribution is 2.19. The van der Waals surface area contributed by atoms with Crippen LogP contribution in [0.4, 0.5) is 4.39 Å². The van der Waals surface area contributed by atoms with E-state index in [1.165, 1.54) is 19.2 Å². The van der Waals surface area contributed by atoms with Gasteiger partial charge >= 0.3 is 0 Å². The molecule has 1 heterocycles. The van der Waals surface area contributed by atoms with E-state index < -0.39 is 15.3 Å². The maximum Gasteiger partial charge on any atom is 0.216 e. The molecule has 0 radical (unpaired) electrons. The van der Waals surface area contributed by atoms with Crippen LogP contribution in [0.2, 0.25) is 0 Å². The van der Waals surface area contributed by atoms with E-state index in [0.717, 1.165) is 16.5 Å². The van der Waals surface area contributed by atoms with Crippen molar-refractivity contribution in [2.45, 2.75) is 18.6 Å². The number of methoxy groups -OCH3 is 1. The van der Waals surface area contributed by atoms with Gasteiger partial charge in [0.25, 0.3) is 0 Å². The summed E-state index contributed by atoms with van der Waals surface area (Å²) in [6, 6.07) is 4.50. The Balaban J connectivity index is 2.01. The summed E-state index contributed by atoms with van der Waals surface area (Å²) in [6.45, 7) is 2.00. The number of rotatable bonds is 7. The zero-order chi connectivity index (χ0) is 15.5. The summed E-state index contributed by atoms with van der Waals surface area (Å²) in [7, 11) is -1.93. The van der Waals surface area contributed by atoms with Crippen LogP contribution < -0.4 is 4.72 Å². The lowest BCUT2D eigenvalue weighted by molar-refractivity contribution is 0.200. The van der Waals surface area contributed by atoms with Gasteiger partial charge in [0.1, 0.15) is 5.82 Å². The summed E-state index contributed by atoms with van der Waals surface area (Å²) in [5, 5.41) is 0.169. The summed E-state index contributed by atoms with van der Waals surface area (Å²) in [5.41, 5.74) is 1.72. The van der Waals surface area contributed by atoms with Gasteiger partial charge in [0, 0.05) is 30.8 Å². The molecule has 0 aliphatic heterocycles. The number of aromatic amines is 1. The Bertz CT molecular complexity index is 712. The van der Waals surface area contributed by atoms with Gasteiger partial charge in [-0.25, -0.2) is 17.5 Å². The van der Waals surface area contributed by atoms with Crippen molar-refractivity contribution in [1.82, 2.24) is 9.71 Å². The molecule has 0 saturated heterocycles. The summed E-state index contributed by atoms with van der Waals surface area (Å²) < 4.78 is 44.5. The molecule has 0 aliphatic rings. The highest BCUT2D eigenvalue weighted by Gasteiger charge is 2.19. The normalized spacial score (nSPS) is 13.7. The van der Waals surface area contributed by atoms with Crippen molar-refractivity contribution in [1.29, 1.82) is 0 Å². The van der Waals surface area contributed by atoms with Crippen molar-refractivity contribution in [3.63, 3.8) is 0 Å². The van der Waals surface area contributed by atoms with Crippen LogP contribution in [0.1, 0.15) is 12.5 Å². The molecule has 1 atom stereocenters. The molecule has 0 saturated carbocycles. The van der Waals surface area contributed by atoms with Crippen LogP contribution in [-0.2, 0) is 21.2 Å². The molecule has 0 bridgehead atoms. The number of hydrogen-bond donors (Lipinski definition) is 2. The molecule has 5 nitrogen and oxygen atoms in total. The molecule has 21 heavy (non-hydrogen) atoms. The van der Waals surface area contributed by atoms with Crippen LogP contribution in [0.15, 0.2) is 24.4 Å². The fourth-order valence-corrected chi connectivity index (χ4v) is 3.14. The average Bonchev–Trinajstić information content (AvgIpc) is 2.81. The van der Waals surface area contributed by atoms with Gasteiger partial charge in [-0.15, -0.1) is 0 Å². The van der Waals surface area contributed by atoms with Crippen LogP contribution in [0.25, 0.3) is 10.9 Å². The van der Waals surface area contributed by atoms with Crippen LogP contribution in [0, 0.1) is 5.82 Å². The SMILES string of the molecule is COC[C@H](C)S(=O)(=O)NCCc1c[nH]c2ccc(F)cc12. The molecule has 1 aromatic carbocycles. The van der Waals surface area contributed by atoms with Crippen molar-refractivity contribution in [2.24, 2.45) is 0 Å². The lowest BCUT2D eigenvalue weighted by Gasteiger charge is -2.12. The average molecular weight is 314 g/mol. The Morgan fingerprint density at radius 1 is 1.43 bits per heavy atom. The molecule has 7 heteroatoms. The fraction of sp³-hybridized carbons (Fsp3) is 0.429. The van der Waals surface area contributed by atoms with Crippen molar-refractivity contribution < 1.29 is 17.5 Å². The van der Waals surface area contributed by atoms with Gasteiger partial charge in [-0.05, 0) is 37.1 Å². The molecule has 1 aromatic heterocycles. The summed E-state index contributed by atoms with van der Waals surface area (Å²) >= 11 is 0. The second-order valence-electron chi connectivity index (χ2n) is 4.96. The lowest BCUT2D eigenvalue weighted by Crippen LogP contribution is -2.36. The second-order valence-corrected chi connectivity index (χ2v) is 7.14. The number of benzene rings is 1. The summed E-state index contributed by atoms with van der Waals surface area (Å²) in [5.74, 6) is -0.308. The van der Waals surface area contributed by atoms with E-state index >= 15 is 0 Å². The topological polar surface area (TPSA) is 71.2 Å². The summed E-state index contributed by atoms with van der Waals surface area (Å²) in [4.78, 5) is 3.04. The van der Waals surface area contributed by atoms with Crippen molar-refractivity contribution in [2.75, 3.05) is 20.3 Å². The smallest absolute Gasteiger partial charge is 0.216 e. The number of sulfonamides is 1. The molecule has 0 aliphatic carbocycles. The number of nitrogens with one attached hydrogen (secondary N) is 2. The number of hydrogen-bond acceptors (Lipinski definition) is 3. The molecule has 0 fully saturated rings. The molecular formula is C14H19FN2O3S. The van der Waals surface area contributed by atoms with Gasteiger partial charge in [-0.1, -0.05) is 0 Å². The van der Waals surface area contributed by atoms with Crippen molar-refractivity contribution >= 4 is 20.9 Å². The zero-order valence-electron chi connectivity index (χ0n) is 12.0. The molecule has 116 valence electrons. The van der Waals surface area contributed by atoms with Crippen molar-refractivity contribution in [3.05, 3.63) is 35.8 Å². The molecule has 2 rings (SSSR count). The third kappa shape index (κ3) is 3.81. The minimum Gasteiger partial charge on any atom is -0.383 e. The number of halogens is 1. The first kappa shape index (κ1) is 15.9. The van der Waals surface area contributed by atoms with E-state index in [4.69, 9.17) is 4.74 Å². The Kier molecular flexibility index (Phi) is 4.97. The van der Waals surface area contributed by atoms with Gasteiger partial charge in [0.05, 0.1) is 11.9 Å². The quantitative estimate of drug-likeness (QED) is 0.818. The van der Waals surface area contributed by atoms with E-state index in [0.29, 0.717) is 6.42 Å². The first-order valence-electron chi connectivity index (χ1n) is 6.67. The molecular weight excluding hydrogens is 295 g/mol. The van der Waals surface area contributed by atoms with Gasteiger partial charge in [-0.2, -0.15) is 0 Å². The first-order valence-corrected chi connectivity index (χ1v) is 8.21. The number of ether oxygens (including phenoxy) is 1. The monoisotopic (exact) mass is 314 g/mol. The number of aromatic nitrogens is 1. The van der Waals surface area contributed by atoms with Crippen LogP contribution in [-0.4, -0.2) is 38.9 Å². The number of fused-ring (bicyclic) bond motifs is 1. The summed E-state index contributed by atoms with van der Waals surface area (Å²) in [6.07, 6.45) is 2.26. The van der Waals surface area contributed by atoms with E-state index in [-0.39, 0.29) is 19.0 Å². The van der Waals surface area contributed by atoms with Gasteiger partial charge in [-0.3, -0.25) is 0 Å². The first-order chi connectivity index (χ1) is 9.94. The zero-order valence-corrected chi connectivity index (χ0v) is 12.8. The maximum atomic E-state index is 13.3. The highest BCUT2D eigenvalue weighted by molar-refractivity contribution is 7.90. The van der Waals surface area contributed by atoms with Gasteiger partial charge in [0.2, 0.25) is 10.0 Å². The van der Waals surface area contributed by atoms with Crippen LogP contribution >= 0.6 is 0 Å². The van der Waals surface area contributed by atoms with E-state index in [9.17, 15) is 12.8 Å². The van der Waals surface area contributed by atoms with Gasteiger partial charge < -0.3 is 9.72 Å². The predicted octanol–water partition coefficient (Wildman–Crippen LogP) is 1.80. The van der Waals surface area contributed by atoms with E-state index in [1.807, 2.05) is 0 Å². The lowest BCUT2D eigenvalue weighted by atomic mass is 10.1. The molecule has 2 aromatic rings. The van der Waals surface area contributed by atoms with Crippen LogP contribution in [0.3, 0.4) is 0 Å². The van der Waals surface area contributed by atoms with E-state index in [2.05, 4.69) is 9.71 Å². The molecule has 0 amide bonds. The Labute approximate surface area is 123 Å². The van der Waals surface area contributed by atoms with Gasteiger partial charge in [0.15, 0.2) is 0 Å². The number of H-pyrrole nitrogens is 1. The fourth-order valence-electron chi connectivity index (χ4n) is 2.15. The molecule has 0 spiro atoms. The molecule has 2 N–H and O–H groups in total. The minimum absolute atomic E-state index is 0.146. The Morgan fingerprint density at radius 2 is 2.19 bits per heavy atom. The Morgan fingerprint density at radius 3 is 2.90 bits per heavy atom. The van der Waals surface area contributed by atoms with E-state index in [1.54, 1.807) is 19.2 Å². The second kappa shape index (κ2) is 6.55. The van der Waals surface area contributed by atoms with Crippen LogP contribution in [0.5, 0.6) is 0 Å². The highest BCUT2D eigenvalue weighted by atomic mass is 32.2. The Hall–Kier alpha value is -1.44. The third-order valence-corrected chi connectivity index (χ3v) is 5.16. The maximum absolute atomic E-state index is 13.3.